The van der Waals surface area contributed by atoms with E-state index in [1.54, 1.807) is 0 Å². The zero-order valence-electron chi connectivity index (χ0n) is 39.9. The number of rotatable bonds is 3. The van der Waals surface area contributed by atoms with Crippen molar-refractivity contribution < 1.29 is 37.8 Å². The predicted molar refractivity (Wildman–Crippen MR) is 239 cm³/mol. The summed E-state index contributed by atoms with van der Waals surface area (Å²) in [5.41, 5.74) is 0. The van der Waals surface area contributed by atoms with Crippen LogP contribution in [0, 0.1) is 0 Å². The summed E-state index contributed by atoms with van der Waals surface area (Å²) >= 11 is 0. The molecule has 0 amide bonds. The third kappa shape index (κ3) is 14.9. The van der Waals surface area contributed by atoms with Gasteiger partial charge in [-0.25, -0.2) is 7.35 Å². The van der Waals surface area contributed by atoms with Crippen LogP contribution in [-0.2, 0) is 18.9 Å². The van der Waals surface area contributed by atoms with Crippen LogP contribution in [0.4, 0.5) is 0 Å². The van der Waals surface area contributed by atoms with Crippen LogP contribution in [-0.4, -0.2) is 83.0 Å². The molecule has 0 bridgehead atoms. The van der Waals surface area contributed by atoms with Gasteiger partial charge >= 0.3 is 18.9 Å². The second kappa shape index (κ2) is 22.5. The fourth-order valence-electron chi connectivity index (χ4n) is 9.17. The van der Waals surface area contributed by atoms with Crippen LogP contribution in [0.3, 0.4) is 0 Å². The first-order valence-electron chi connectivity index (χ1n) is 21.1. The fraction of sp³-hybridized carbons (Fsp3) is 1.00. The molecule has 4 fully saturated rings. The maximum atomic E-state index is 4.94. The van der Waals surface area contributed by atoms with E-state index in [-0.39, 0.29) is 18.9 Å². The predicted octanol–water partition coefficient (Wildman–Crippen LogP) is 10.9. The Morgan fingerprint density at radius 2 is 0.404 bits per heavy atom. The molecule has 0 spiro atoms. The smallest absolute Gasteiger partial charge is 0.381 e. The van der Waals surface area contributed by atoms with Gasteiger partial charge in [-0.3, -0.25) is 0 Å². The van der Waals surface area contributed by atoms with Gasteiger partial charge in [0, 0.05) is 52.9 Å². The fourth-order valence-corrected chi connectivity index (χ4v) is 113. The molecule has 0 radical (unpaired) electrons. The summed E-state index contributed by atoms with van der Waals surface area (Å²) in [5, 5.41) is 2.39. The Labute approximate surface area is 344 Å². The van der Waals surface area contributed by atoms with Crippen molar-refractivity contribution in [1.29, 1.82) is 0 Å². The molecule has 0 unspecified atom stereocenters. The summed E-state index contributed by atoms with van der Waals surface area (Å²) < 4.78 is 19.8. The molecule has 4 aliphatic heterocycles. The summed E-state index contributed by atoms with van der Waals surface area (Å²) in [6, 6.07) is 0. The topological polar surface area (TPSA) is 36.9 Å². The van der Waals surface area contributed by atoms with Crippen LogP contribution in [0.25, 0.3) is 0 Å². The van der Waals surface area contributed by atoms with Gasteiger partial charge < -0.3 is 18.9 Å². The molecule has 0 aliphatic carbocycles. The quantitative estimate of drug-likeness (QED) is 0.267. The van der Waals surface area contributed by atoms with Gasteiger partial charge in [0.05, 0.1) is 0 Å². The maximum absolute atomic E-state index is 4.94. The molecule has 0 saturated carbocycles. The largest absolute Gasteiger partial charge is 1.00 e. The van der Waals surface area contributed by atoms with Crippen LogP contribution < -0.4 is 18.9 Å². The molecule has 0 aromatic rings. The molecule has 0 aromatic carbocycles. The van der Waals surface area contributed by atoms with Gasteiger partial charge in [0.2, 0.25) is 0 Å². The maximum Gasteiger partial charge on any atom is 1.00 e. The van der Waals surface area contributed by atoms with Crippen LogP contribution in [0.15, 0.2) is 0 Å². The molecule has 52 heavy (non-hydrogen) atoms. The minimum Gasteiger partial charge on any atom is -0.381 e. The van der Waals surface area contributed by atoms with Gasteiger partial charge in [-0.05, 0) is 51.4 Å². The van der Waals surface area contributed by atoms with Crippen molar-refractivity contribution in [3.63, 3.8) is 0 Å². The van der Waals surface area contributed by atoms with Gasteiger partial charge in [-0.15, -0.1) is 0 Å². The minimum absolute atomic E-state index is 0. The Morgan fingerprint density at radius 3 is 0.462 bits per heavy atom. The first kappa shape index (κ1) is 55.4. The average Bonchev–Trinajstić information content (AvgIpc) is 3.80. The van der Waals surface area contributed by atoms with E-state index >= 15 is 0 Å². The van der Waals surface area contributed by atoms with Crippen molar-refractivity contribution >= 4 is 30.1 Å². The number of hydrogen-bond donors (Lipinski definition) is 0. The Morgan fingerprint density at radius 1 is 0.288 bits per heavy atom. The van der Waals surface area contributed by atoms with Gasteiger partial charge in [0.25, 0.3) is 0 Å². The summed E-state index contributed by atoms with van der Waals surface area (Å²) in [6.07, 6.45) is 10.2. The van der Waals surface area contributed by atoms with E-state index in [1.807, 2.05) is 0 Å². The minimum atomic E-state index is -1.77. The zero-order valence-corrected chi connectivity index (χ0v) is 43.9. The number of hydrogen-bond acceptors (Lipinski definition) is 4. The first-order chi connectivity index (χ1) is 22.9. The van der Waals surface area contributed by atoms with E-state index in [0.717, 1.165) is 52.9 Å². The second-order valence-electron chi connectivity index (χ2n) is 22.5. The molecule has 4 nitrogen and oxygen atoms in total. The molecule has 4 saturated heterocycles. The van der Waals surface area contributed by atoms with E-state index in [4.69, 9.17) is 18.9 Å². The molecule has 9 heteroatoms. The Kier molecular flexibility index (Phi) is 23.9. The SMILES string of the molecule is C1CCOC1.C1CCOC1.C1CCOC1.C1CCOC1.CC(C)(C)[Si](C)([Si-]([Si](C)(C(C)(C)C)C(C)(C)C)[Si](C)(C(C)(C)C)C(C)(C)C)C(C)(C)C.[Li+]. The van der Waals surface area contributed by atoms with E-state index in [0.29, 0.717) is 30.2 Å². The standard InChI is InChI=1S/C27H63Si4.4C4H8O.Li/c1-22(2,3)29(19,23(4,5)6)28(30(20,24(7,8)9)25(10,11)12)31(21,26(13,14)15)27(16,17)18;4*1-2-4-5-3-1;/h1-21H3;4*1-4H2;/q-1;;;;;+1. The van der Waals surface area contributed by atoms with Crippen molar-refractivity contribution in [2.75, 3.05) is 52.9 Å². The van der Waals surface area contributed by atoms with Crippen LogP contribution >= 0.6 is 0 Å². The molecule has 308 valence electrons. The van der Waals surface area contributed by atoms with Gasteiger partial charge in [0.15, 0.2) is 0 Å². The van der Waals surface area contributed by atoms with E-state index in [2.05, 4.69) is 144 Å². The van der Waals surface area contributed by atoms with E-state index < -0.39 is 30.1 Å². The van der Waals surface area contributed by atoms with Crippen LogP contribution in [0.1, 0.15) is 176 Å². The van der Waals surface area contributed by atoms with Crippen molar-refractivity contribution in [1.82, 2.24) is 0 Å². The second-order valence-corrected chi connectivity index (χ2v) is 57.0. The third-order valence-electron chi connectivity index (χ3n) is 13.8. The Bertz CT molecular complexity index is 730. The Hall–Kier alpha value is 1.30. The van der Waals surface area contributed by atoms with Gasteiger partial charge in [0.1, 0.15) is 0 Å². The Balaban J connectivity index is 0. The third-order valence-corrected chi connectivity index (χ3v) is 84.3. The van der Waals surface area contributed by atoms with Crippen molar-refractivity contribution in [2.45, 2.75) is 226 Å². The number of ether oxygens (including phenoxy) is 4. The summed E-state index contributed by atoms with van der Waals surface area (Å²) in [4.78, 5) is 0. The molecule has 4 heterocycles. The van der Waals surface area contributed by atoms with Crippen LogP contribution in [0.5, 0.6) is 0 Å². The molecule has 0 N–H and O–H groups in total. The van der Waals surface area contributed by atoms with Gasteiger partial charge in [-0.1, -0.05) is 197 Å². The van der Waals surface area contributed by atoms with Crippen LogP contribution in [0.2, 0.25) is 49.9 Å². The van der Waals surface area contributed by atoms with Gasteiger partial charge in [-0.2, -0.15) is 0 Å². The zero-order chi connectivity index (χ0) is 40.2. The monoisotopic (exact) mass is 795 g/mol. The molecule has 0 aromatic heterocycles. The molecular formula is C43H95LiO4Si4. The van der Waals surface area contributed by atoms with Crippen molar-refractivity contribution in [2.24, 2.45) is 0 Å². The molecular weight excluding hydrogens is 700 g/mol. The normalized spacial score (nSPS) is 19.3. The first-order valence-corrected chi connectivity index (χ1v) is 33.1. The average molecular weight is 796 g/mol. The summed E-state index contributed by atoms with van der Waals surface area (Å²) in [7, 11) is -5.98. The molecule has 4 rings (SSSR count). The van der Waals surface area contributed by atoms with E-state index in [1.165, 1.54) is 51.4 Å². The van der Waals surface area contributed by atoms with Crippen molar-refractivity contribution in [3.8, 4) is 0 Å². The molecule has 4 aliphatic rings. The molecule has 0 atom stereocenters. The summed E-state index contributed by atoms with van der Waals surface area (Å²) in [6.45, 7) is 64.1. The summed E-state index contributed by atoms with van der Waals surface area (Å²) in [5.74, 6) is 0. The van der Waals surface area contributed by atoms with Crippen molar-refractivity contribution in [3.05, 3.63) is 0 Å². The van der Waals surface area contributed by atoms with E-state index in [9.17, 15) is 0 Å².